The summed E-state index contributed by atoms with van der Waals surface area (Å²) < 4.78 is 0. The molecule has 2 fully saturated rings. The summed E-state index contributed by atoms with van der Waals surface area (Å²) in [7, 11) is 1.88. The Labute approximate surface area is 129 Å². The molecule has 1 saturated heterocycles. The van der Waals surface area contributed by atoms with Crippen molar-refractivity contribution < 1.29 is 0 Å². The number of aliphatic imine (C=N–C) groups is 1. The summed E-state index contributed by atoms with van der Waals surface area (Å²) in [6, 6.07) is 1.47. The molecule has 0 bridgehead atoms. The van der Waals surface area contributed by atoms with E-state index in [2.05, 4.69) is 26.6 Å². The number of likely N-dealkylation sites (tertiary alicyclic amines) is 1. The zero-order valence-corrected chi connectivity index (χ0v) is 13.4. The highest BCUT2D eigenvalue weighted by atomic mass is 15.3. The molecule has 0 radical (unpaired) electrons. The molecule has 0 aromatic heterocycles. The number of nitrogens with zero attached hydrogens (tertiary/aromatic N) is 2. The monoisotopic (exact) mass is 290 g/mol. The standard InChI is InChI=1S/C17H30N4/c1-18-17(19-11-9-14-5-3-2-4-6-14)20-15-10-12-21(13-15)16-7-8-16/h5,15-16H,2-4,6-13H2,1H3,(H2,18,19,20). The second kappa shape index (κ2) is 7.30. The van der Waals surface area contributed by atoms with Crippen molar-refractivity contribution in [3.05, 3.63) is 11.6 Å². The van der Waals surface area contributed by atoms with E-state index in [1.54, 1.807) is 5.57 Å². The van der Waals surface area contributed by atoms with Crippen LogP contribution in [0.4, 0.5) is 0 Å². The van der Waals surface area contributed by atoms with E-state index < -0.39 is 0 Å². The van der Waals surface area contributed by atoms with Gasteiger partial charge in [-0.05, 0) is 51.4 Å². The highest BCUT2D eigenvalue weighted by Crippen LogP contribution is 2.29. The van der Waals surface area contributed by atoms with Gasteiger partial charge in [-0.3, -0.25) is 9.89 Å². The molecular weight excluding hydrogens is 260 g/mol. The largest absolute Gasteiger partial charge is 0.356 e. The van der Waals surface area contributed by atoms with Crippen LogP contribution in [0.15, 0.2) is 16.6 Å². The molecule has 1 heterocycles. The van der Waals surface area contributed by atoms with Crippen LogP contribution in [0.1, 0.15) is 51.4 Å². The molecule has 118 valence electrons. The number of rotatable bonds is 5. The summed E-state index contributed by atoms with van der Waals surface area (Å²) in [4.78, 5) is 7.01. The van der Waals surface area contributed by atoms with Gasteiger partial charge in [0.2, 0.25) is 0 Å². The molecule has 2 N–H and O–H groups in total. The van der Waals surface area contributed by atoms with E-state index in [0.717, 1.165) is 18.5 Å². The highest BCUT2D eigenvalue weighted by Gasteiger charge is 2.34. The van der Waals surface area contributed by atoms with Gasteiger partial charge in [-0.25, -0.2) is 0 Å². The molecule has 4 nitrogen and oxygen atoms in total. The van der Waals surface area contributed by atoms with Crippen molar-refractivity contribution in [3.63, 3.8) is 0 Å². The smallest absolute Gasteiger partial charge is 0.191 e. The summed E-state index contributed by atoms with van der Waals surface area (Å²) in [6.45, 7) is 3.45. The highest BCUT2D eigenvalue weighted by molar-refractivity contribution is 5.80. The number of allylic oxidation sites excluding steroid dienone is 1. The van der Waals surface area contributed by atoms with E-state index in [1.165, 1.54) is 64.5 Å². The average Bonchev–Trinajstić information content (AvgIpc) is 3.27. The number of hydrogen-bond acceptors (Lipinski definition) is 2. The SMILES string of the molecule is CN=C(NCCC1=CCCCC1)NC1CCN(C2CC2)C1. The van der Waals surface area contributed by atoms with Crippen molar-refractivity contribution in [2.75, 3.05) is 26.7 Å². The van der Waals surface area contributed by atoms with Crippen LogP contribution in [-0.4, -0.2) is 49.6 Å². The average molecular weight is 290 g/mol. The summed E-state index contributed by atoms with van der Waals surface area (Å²) >= 11 is 0. The molecule has 1 unspecified atom stereocenters. The normalized spacial score (nSPS) is 27.6. The minimum Gasteiger partial charge on any atom is -0.356 e. The maximum Gasteiger partial charge on any atom is 0.191 e. The van der Waals surface area contributed by atoms with Gasteiger partial charge in [-0.1, -0.05) is 11.6 Å². The van der Waals surface area contributed by atoms with Gasteiger partial charge in [0.25, 0.3) is 0 Å². The fourth-order valence-corrected chi connectivity index (χ4v) is 3.54. The Morgan fingerprint density at radius 2 is 2.24 bits per heavy atom. The topological polar surface area (TPSA) is 39.7 Å². The molecular formula is C17H30N4. The van der Waals surface area contributed by atoms with E-state index in [4.69, 9.17) is 0 Å². The number of guanidine groups is 1. The Balaban J connectivity index is 1.36. The van der Waals surface area contributed by atoms with E-state index >= 15 is 0 Å². The summed E-state index contributed by atoms with van der Waals surface area (Å²) in [5.41, 5.74) is 1.63. The van der Waals surface area contributed by atoms with Crippen molar-refractivity contribution in [1.29, 1.82) is 0 Å². The first kappa shape index (κ1) is 14.9. The van der Waals surface area contributed by atoms with Crippen LogP contribution in [0.3, 0.4) is 0 Å². The first-order valence-electron chi connectivity index (χ1n) is 8.74. The third kappa shape index (κ3) is 4.47. The second-order valence-electron chi connectivity index (χ2n) is 6.71. The van der Waals surface area contributed by atoms with Crippen LogP contribution in [-0.2, 0) is 0 Å². The van der Waals surface area contributed by atoms with E-state index in [9.17, 15) is 0 Å². The lowest BCUT2D eigenvalue weighted by atomic mass is 9.97. The van der Waals surface area contributed by atoms with Crippen LogP contribution < -0.4 is 10.6 Å². The molecule has 4 heteroatoms. The lowest BCUT2D eigenvalue weighted by Gasteiger charge is -2.19. The Kier molecular flexibility index (Phi) is 5.17. The molecule has 1 atom stereocenters. The zero-order valence-electron chi connectivity index (χ0n) is 13.4. The summed E-state index contributed by atoms with van der Waals surface area (Å²) in [5.74, 6) is 0.981. The Hall–Kier alpha value is -1.03. The molecule has 0 spiro atoms. The van der Waals surface area contributed by atoms with Gasteiger partial charge in [-0.2, -0.15) is 0 Å². The lowest BCUT2D eigenvalue weighted by Crippen LogP contribution is -2.45. The Bertz CT molecular complexity index is 398. The van der Waals surface area contributed by atoms with Crippen molar-refractivity contribution in [3.8, 4) is 0 Å². The van der Waals surface area contributed by atoms with Gasteiger partial charge in [-0.15, -0.1) is 0 Å². The molecule has 1 saturated carbocycles. The third-order valence-corrected chi connectivity index (χ3v) is 4.97. The van der Waals surface area contributed by atoms with E-state index in [0.29, 0.717) is 6.04 Å². The predicted octanol–water partition coefficient (Wildman–Crippen LogP) is 2.28. The van der Waals surface area contributed by atoms with Crippen LogP contribution in [0, 0.1) is 0 Å². The molecule has 0 aromatic rings. The van der Waals surface area contributed by atoms with E-state index in [-0.39, 0.29) is 0 Å². The van der Waals surface area contributed by atoms with Crippen molar-refractivity contribution in [1.82, 2.24) is 15.5 Å². The first-order valence-corrected chi connectivity index (χ1v) is 8.74. The maximum absolute atomic E-state index is 4.38. The van der Waals surface area contributed by atoms with Crippen LogP contribution in [0.2, 0.25) is 0 Å². The fraction of sp³-hybridized carbons (Fsp3) is 0.824. The van der Waals surface area contributed by atoms with Crippen LogP contribution >= 0.6 is 0 Å². The summed E-state index contributed by atoms with van der Waals surface area (Å²) in [6.07, 6.45) is 13.0. The van der Waals surface area contributed by atoms with Crippen LogP contribution in [0.25, 0.3) is 0 Å². The molecule has 21 heavy (non-hydrogen) atoms. The van der Waals surface area contributed by atoms with Gasteiger partial charge in [0.15, 0.2) is 5.96 Å². The van der Waals surface area contributed by atoms with Gasteiger partial charge >= 0.3 is 0 Å². The van der Waals surface area contributed by atoms with Gasteiger partial charge < -0.3 is 10.6 Å². The third-order valence-electron chi connectivity index (χ3n) is 4.97. The number of hydrogen-bond donors (Lipinski definition) is 2. The Morgan fingerprint density at radius 3 is 2.95 bits per heavy atom. The van der Waals surface area contributed by atoms with Crippen molar-refractivity contribution in [2.24, 2.45) is 4.99 Å². The van der Waals surface area contributed by atoms with Gasteiger partial charge in [0.1, 0.15) is 0 Å². The number of nitrogens with one attached hydrogen (secondary N) is 2. The second-order valence-corrected chi connectivity index (χ2v) is 6.71. The molecule has 0 amide bonds. The van der Waals surface area contributed by atoms with Crippen molar-refractivity contribution in [2.45, 2.75) is 63.5 Å². The minimum absolute atomic E-state index is 0.575. The molecule has 3 rings (SSSR count). The predicted molar refractivity (Wildman–Crippen MR) is 88.7 cm³/mol. The van der Waals surface area contributed by atoms with Gasteiger partial charge in [0, 0.05) is 38.8 Å². The molecule has 0 aromatic carbocycles. The zero-order chi connectivity index (χ0) is 14.5. The maximum atomic E-state index is 4.38. The molecule has 3 aliphatic rings. The fourth-order valence-electron chi connectivity index (χ4n) is 3.54. The molecule has 2 aliphatic carbocycles. The lowest BCUT2D eigenvalue weighted by molar-refractivity contribution is 0.321. The van der Waals surface area contributed by atoms with Gasteiger partial charge in [0.05, 0.1) is 0 Å². The quantitative estimate of drug-likeness (QED) is 0.463. The summed E-state index contributed by atoms with van der Waals surface area (Å²) in [5, 5.41) is 7.08. The minimum atomic E-state index is 0.575. The molecule has 1 aliphatic heterocycles. The van der Waals surface area contributed by atoms with Crippen LogP contribution in [0.5, 0.6) is 0 Å². The van der Waals surface area contributed by atoms with E-state index in [1.807, 2.05) is 7.05 Å². The first-order chi connectivity index (χ1) is 10.3. The van der Waals surface area contributed by atoms with Crippen molar-refractivity contribution >= 4 is 5.96 Å². The Morgan fingerprint density at radius 1 is 1.33 bits per heavy atom.